The summed E-state index contributed by atoms with van der Waals surface area (Å²) < 4.78 is 0. The molecule has 0 amide bonds. The molecule has 0 radical (unpaired) electrons. The lowest BCUT2D eigenvalue weighted by atomic mass is 10.2. The van der Waals surface area contributed by atoms with Crippen molar-refractivity contribution in [3.63, 3.8) is 0 Å². The van der Waals surface area contributed by atoms with Crippen molar-refractivity contribution in [1.82, 2.24) is 4.90 Å². The van der Waals surface area contributed by atoms with Crippen molar-refractivity contribution >= 4 is 5.69 Å². The number of rotatable bonds is 6. The second kappa shape index (κ2) is 6.06. The summed E-state index contributed by atoms with van der Waals surface area (Å²) in [6.07, 6.45) is 3.80. The second-order valence-corrected chi connectivity index (χ2v) is 4.85. The molecule has 2 rings (SSSR count). The monoisotopic (exact) mass is 232 g/mol. The van der Waals surface area contributed by atoms with E-state index in [9.17, 15) is 0 Å². The van der Waals surface area contributed by atoms with Crippen LogP contribution in [-0.4, -0.2) is 31.2 Å². The number of unbranched alkanes of at least 4 members (excludes halogenated alkanes) is 1. The van der Waals surface area contributed by atoms with Gasteiger partial charge in [0.2, 0.25) is 0 Å². The van der Waals surface area contributed by atoms with E-state index in [1.807, 2.05) is 0 Å². The molecule has 0 fully saturated rings. The van der Waals surface area contributed by atoms with Gasteiger partial charge in [-0.3, -0.25) is 4.90 Å². The van der Waals surface area contributed by atoms with Crippen LogP contribution in [-0.2, 0) is 6.42 Å². The summed E-state index contributed by atoms with van der Waals surface area (Å²) in [7, 11) is 0. The lowest BCUT2D eigenvalue weighted by molar-refractivity contribution is 0.284. The Morgan fingerprint density at radius 3 is 2.82 bits per heavy atom. The molecular formula is C15H24N2. The van der Waals surface area contributed by atoms with E-state index in [1.165, 1.54) is 43.6 Å². The smallest absolute Gasteiger partial charge is 0.0707 e. The molecule has 0 atom stereocenters. The second-order valence-electron chi connectivity index (χ2n) is 4.85. The lowest BCUT2D eigenvalue weighted by Gasteiger charge is -2.28. The Labute approximate surface area is 105 Å². The molecule has 1 aromatic carbocycles. The number of hydrogen-bond acceptors (Lipinski definition) is 2. The van der Waals surface area contributed by atoms with Crippen LogP contribution in [0.5, 0.6) is 0 Å². The average Bonchev–Trinajstić information content (AvgIpc) is 2.78. The molecule has 1 aliphatic heterocycles. The van der Waals surface area contributed by atoms with Gasteiger partial charge in [0.15, 0.2) is 0 Å². The van der Waals surface area contributed by atoms with Crippen molar-refractivity contribution in [1.29, 1.82) is 0 Å². The van der Waals surface area contributed by atoms with E-state index >= 15 is 0 Å². The minimum atomic E-state index is 1.09. The van der Waals surface area contributed by atoms with Gasteiger partial charge in [-0.25, -0.2) is 0 Å². The summed E-state index contributed by atoms with van der Waals surface area (Å²) in [5.41, 5.74) is 2.96. The Balaban J connectivity index is 1.95. The van der Waals surface area contributed by atoms with Gasteiger partial charge >= 0.3 is 0 Å². The average molecular weight is 232 g/mol. The third-order valence-electron chi connectivity index (χ3n) is 3.63. The third kappa shape index (κ3) is 3.01. The molecule has 2 nitrogen and oxygen atoms in total. The SMILES string of the molecule is CCCCN(CC)CN1CCc2ccccc21. The maximum Gasteiger partial charge on any atom is 0.0707 e. The van der Waals surface area contributed by atoms with Crippen molar-refractivity contribution < 1.29 is 0 Å². The highest BCUT2D eigenvalue weighted by molar-refractivity contribution is 5.57. The highest BCUT2D eigenvalue weighted by atomic mass is 15.3. The first-order chi connectivity index (χ1) is 8.35. The summed E-state index contributed by atoms with van der Waals surface area (Å²) in [4.78, 5) is 5.07. The fourth-order valence-electron chi connectivity index (χ4n) is 2.51. The van der Waals surface area contributed by atoms with Crippen LogP contribution in [0.4, 0.5) is 5.69 Å². The zero-order chi connectivity index (χ0) is 12.1. The van der Waals surface area contributed by atoms with Gasteiger partial charge in [-0.15, -0.1) is 0 Å². The van der Waals surface area contributed by atoms with Crippen LogP contribution in [0.3, 0.4) is 0 Å². The van der Waals surface area contributed by atoms with E-state index in [4.69, 9.17) is 0 Å². The quantitative estimate of drug-likeness (QED) is 0.743. The number of anilines is 1. The van der Waals surface area contributed by atoms with E-state index in [1.54, 1.807) is 0 Å². The van der Waals surface area contributed by atoms with Crippen molar-refractivity contribution in [2.75, 3.05) is 31.2 Å². The molecule has 0 spiro atoms. The molecule has 17 heavy (non-hydrogen) atoms. The van der Waals surface area contributed by atoms with E-state index in [0.717, 1.165) is 13.2 Å². The van der Waals surface area contributed by atoms with Crippen LogP contribution in [0, 0.1) is 0 Å². The van der Waals surface area contributed by atoms with Gasteiger partial charge in [0, 0.05) is 12.2 Å². The number of nitrogens with zero attached hydrogens (tertiary/aromatic N) is 2. The normalized spacial score (nSPS) is 14.4. The van der Waals surface area contributed by atoms with Gasteiger partial charge in [0.1, 0.15) is 0 Å². The molecule has 0 aliphatic carbocycles. The van der Waals surface area contributed by atoms with Gasteiger partial charge in [0.25, 0.3) is 0 Å². The van der Waals surface area contributed by atoms with E-state index in [-0.39, 0.29) is 0 Å². The number of para-hydroxylation sites is 1. The summed E-state index contributed by atoms with van der Waals surface area (Å²) in [5.74, 6) is 0. The molecule has 0 aromatic heterocycles. The van der Waals surface area contributed by atoms with Crippen LogP contribution in [0.25, 0.3) is 0 Å². The zero-order valence-electron chi connectivity index (χ0n) is 11.2. The molecule has 94 valence electrons. The van der Waals surface area contributed by atoms with Crippen LogP contribution >= 0.6 is 0 Å². The maximum absolute atomic E-state index is 2.55. The molecule has 0 saturated heterocycles. The Morgan fingerprint density at radius 1 is 1.24 bits per heavy atom. The predicted molar refractivity (Wildman–Crippen MR) is 74.5 cm³/mol. The Kier molecular flexibility index (Phi) is 4.43. The highest BCUT2D eigenvalue weighted by Crippen LogP contribution is 2.27. The van der Waals surface area contributed by atoms with Gasteiger partial charge in [0.05, 0.1) is 6.67 Å². The van der Waals surface area contributed by atoms with E-state index in [2.05, 4.69) is 47.9 Å². The van der Waals surface area contributed by atoms with Gasteiger partial charge in [-0.1, -0.05) is 38.5 Å². The first-order valence-corrected chi connectivity index (χ1v) is 6.90. The lowest BCUT2D eigenvalue weighted by Crippen LogP contribution is -2.37. The number of benzene rings is 1. The summed E-state index contributed by atoms with van der Waals surface area (Å²) in [6, 6.07) is 8.82. The largest absolute Gasteiger partial charge is 0.358 e. The van der Waals surface area contributed by atoms with Crippen molar-refractivity contribution in [2.45, 2.75) is 33.1 Å². The molecular weight excluding hydrogens is 208 g/mol. The number of hydrogen-bond donors (Lipinski definition) is 0. The van der Waals surface area contributed by atoms with Crippen LogP contribution in [0.15, 0.2) is 24.3 Å². The molecule has 0 saturated carbocycles. The Morgan fingerprint density at radius 2 is 2.06 bits per heavy atom. The number of fused-ring (bicyclic) bond motifs is 1. The van der Waals surface area contributed by atoms with Crippen molar-refractivity contribution in [3.05, 3.63) is 29.8 Å². The van der Waals surface area contributed by atoms with Crippen LogP contribution < -0.4 is 4.90 Å². The highest BCUT2D eigenvalue weighted by Gasteiger charge is 2.19. The van der Waals surface area contributed by atoms with Gasteiger partial charge in [-0.2, -0.15) is 0 Å². The van der Waals surface area contributed by atoms with E-state index < -0.39 is 0 Å². The minimum Gasteiger partial charge on any atom is -0.358 e. The van der Waals surface area contributed by atoms with Crippen molar-refractivity contribution in [2.24, 2.45) is 0 Å². The predicted octanol–water partition coefficient (Wildman–Crippen LogP) is 3.13. The summed E-state index contributed by atoms with van der Waals surface area (Å²) in [5, 5.41) is 0. The minimum absolute atomic E-state index is 1.09. The Bertz CT molecular complexity index is 349. The first-order valence-electron chi connectivity index (χ1n) is 6.90. The topological polar surface area (TPSA) is 6.48 Å². The molecule has 1 aromatic rings. The summed E-state index contributed by atoms with van der Waals surface area (Å²) >= 11 is 0. The molecule has 0 bridgehead atoms. The molecule has 0 unspecified atom stereocenters. The van der Waals surface area contributed by atoms with Crippen LogP contribution in [0.2, 0.25) is 0 Å². The molecule has 1 aliphatic rings. The van der Waals surface area contributed by atoms with Crippen molar-refractivity contribution in [3.8, 4) is 0 Å². The summed E-state index contributed by atoms with van der Waals surface area (Å²) in [6.45, 7) is 9.18. The Hall–Kier alpha value is -1.02. The maximum atomic E-state index is 2.55. The third-order valence-corrected chi connectivity index (χ3v) is 3.63. The standard InChI is InChI=1S/C15H24N2/c1-3-5-11-16(4-2)13-17-12-10-14-8-6-7-9-15(14)17/h6-9H,3-5,10-13H2,1-2H3. The fourth-order valence-corrected chi connectivity index (χ4v) is 2.51. The molecule has 1 heterocycles. The molecule has 2 heteroatoms. The fraction of sp³-hybridized carbons (Fsp3) is 0.600. The molecule has 0 N–H and O–H groups in total. The van der Waals surface area contributed by atoms with Gasteiger partial charge in [-0.05, 0) is 37.6 Å². The first kappa shape index (κ1) is 12.4. The van der Waals surface area contributed by atoms with Crippen LogP contribution in [0.1, 0.15) is 32.3 Å². The van der Waals surface area contributed by atoms with E-state index in [0.29, 0.717) is 0 Å². The van der Waals surface area contributed by atoms with Gasteiger partial charge < -0.3 is 4.90 Å². The zero-order valence-corrected chi connectivity index (χ0v) is 11.2.